The fourth-order valence-corrected chi connectivity index (χ4v) is 4.55. The number of hydrogen-bond acceptors (Lipinski definition) is 4. The average Bonchev–Trinajstić information content (AvgIpc) is 2.72. The van der Waals surface area contributed by atoms with Gasteiger partial charge in [0.05, 0.1) is 18.4 Å². The topological polar surface area (TPSA) is 75.7 Å². The highest BCUT2D eigenvalue weighted by Crippen LogP contribution is 2.29. The Morgan fingerprint density at radius 1 is 1.17 bits per heavy atom. The summed E-state index contributed by atoms with van der Waals surface area (Å²) >= 11 is 0. The van der Waals surface area contributed by atoms with Gasteiger partial charge in [-0.2, -0.15) is 17.5 Å². The standard InChI is InChI=1S/C20H21F3N2O4S/c1-29-18-6-5-16-13-25(9-7-14(16)12-18)30(27,28)10-8-24-19(26)15-3-2-4-17(11-15)20(21,22)23/h2-6,11-12H,7-10,13H2,1H3,(H,24,26). The van der Waals surface area contributed by atoms with Gasteiger partial charge < -0.3 is 10.1 Å². The Morgan fingerprint density at radius 2 is 1.93 bits per heavy atom. The monoisotopic (exact) mass is 442 g/mol. The second kappa shape index (κ2) is 8.65. The number of nitrogens with zero attached hydrogens (tertiary/aromatic N) is 1. The molecular formula is C20H21F3N2O4S. The van der Waals surface area contributed by atoms with E-state index in [1.807, 2.05) is 12.1 Å². The number of amides is 1. The third kappa shape index (κ3) is 5.11. The van der Waals surface area contributed by atoms with Gasteiger partial charge in [-0.05, 0) is 47.9 Å². The highest BCUT2D eigenvalue weighted by molar-refractivity contribution is 7.89. The number of benzene rings is 2. The molecule has 1 aliphatic rings. The van der Waals surface area contributed by atoms with Gasteiger partial charge in [0.1, 0.15) is 5.75 Å². The van der Waals surface area contributed by atoms with E-state index in [1.54, 1.807) is 13.2 Å². The highest BCUT2D eigenvalue weighted by Gasteiger charge is 2.31. The predicted octanol–water partition coefficient (Wildman–Crippen LogP) is 2.83. The quantitative estimate of drug-likeness (QED) is 0.747. The molecule has 10 heteroatoms. The summed E-state index contributed by atoms with van der Waals surface area (Å²) in [6.07, 6.45) is -4.02. The minimum absolute atomic E-state index is 0.178. The van der Waals surface area contributed by atoms with Crippen LogP contribution in [0.4, 0.5) is 13.2 Å². The third-order valence-electron chi connectivity index (χ3n) is 4.88. The van der Waals surface area contributed by atoms with Crippen molar-refractivity contribution >= 4 is 15.9 Å². The first kappa shape index (κ1) is 22.1. The zero-order valence-electron chi connectivity index (χ0n) is 16.2. The van der Waals surface area contributed by atoms with Crippen LogP contribution in [-0.4, -0.2) is 44.6 Å². The summed E-state index contributed by atoms with van der Waals surface area (Å²) in [6, 6.07) is 9.46. The Bertz CT molecular complexity index is 1040. The van der Waals surface area contributed by atoms with Crippen molar-refractivity contribution in [2.24, 2.45) is 0 Å². The number of sulfonamides is 1. The summed E-state index contributed by atoms with van der Waals surface area (Å²) in [7, 11) is -2.08. The molecule has 0 spiro atoms. The molecule has 1 amide bonds. The molecule has 3 rings (SSSR count). The zero-order chi connectivity index (χ0) is 21.9. The van der Waals surface area contributed by atoms with Crippen molar-refractivity contribution in [3.8, 4) is 5.75 Å². The van der Waals surface area contributed by atoms with Gasteiger partial charge in [-0.15, -0.1) is 0 Å². The van der Waals surface area contributed by atoms with Crippen LogP contribution in [0.15, 0.2) is 42.5 Å². The molecular weight excluding hydrogens is 421 g/mol. The number of hydrogen-bond donors (Lipinski definition) is 1. The lowest BCUT2D eigenvalue weighted by molar-refractivity contribution is -0.137. The number of carbonyl (C=O) groups is 1. The minimum atomic E-state index is -4.56. The van der Waals surface area contributed by atoms with Gasteiger partial charge >= 0.3 is 6.18 Å². The molecule has 1 heterocycles. The van der Waals surface area contributed by atoms with Gasteiger partial charge in [-0.3, -0.25) is 4.79 Å². The summed E-state index contributed by atoms with van der Waals surface area (Å²) in [6.45, 7) is 0.330. The van der Waals surface area contributed by atoms with E-state index in [0.29, 0.717) is 18.7 Å². The molecule has 1 N–H and O–H groups in total. The van der Waals surface area contributed by atoms with Crippen molar-refractivity contribution in [1.82, 2.24) is 9.62 Å². The third-order valence-corrected chi connectivity index (χ3v) is 6.70. The van der Waals surface area contributed by atoms with Gasteiger partial charge in [0, 0.05) is 25.2 Å². The number of nitrogens with one attached hydrogen (secondary N) is 1. The Balaban J connectivity index is 1.58. The summed E-state index contributed by atoms with van der Waals surface area (Å²) in [5, 5.41) is 2.38. The van der Waals surface area contributed by atoms with Gasteiger partial charge in [0.2, 0.25) is 10.0 Å². The molecule has 0 aromatic heterocycles. The van der Waals surface area contributed by atoms with Crippen molar-refractivity contribution in [3.63, 3.8) is 0 Å². The summed E-state index contributed by atoms with van der Waals surface area (Å²) in [5.41, 5.74) is 0.798. The number of carbonyl (C=O) groups excluding carboxylic acids is 1. The molecule has 2 aromatic carbocycles. The number of rotatable bonds is 6. The first-order valence-electron chi connectivity index (χ1n) is 9.19. The van der Waals surface area contributed by atoms with Gasteiger partial charge in [-0.25, -0.2) is 8.42 Å². The van der Waals surface area contributed by atoms with E-state index in [9.17, 15) is 26.4 Å². The molecule has 0 saturated carbocycles. The van der Waals surface area contributed by atoms with Crippen molar-refractivity contribution in [2.45, 2.75) is 19.1 Å². The summed E-state index contributed by atoms with van der Waals surface area (Å²) < 4.78 is 70.1. The predicted molar refractivity (Wildman–Crippen MR) is 105 cm³/mol. The molecule has 0 radical (unpaired) electrons. The van der Waals surface area contributed by atoms with E-state index >= 15 is 0 Å². The molecule has 0 saturated heterocycles. The first-order chi connectivity index (χ1) is 14.1. The van der Waals surface area contributed by atoms with E-state index < -0.39 is 27.7 Å². The van der Waals surface area contributed by atoms with E-state index in [-0.39, 0.29) is 24.4 Å². The zero-order valence-corrected chi connectivity index (χ0v) is 17.0. The van der Waals surface area contributed by atoms with Crippen LogP contribution in [0.25, 0.3) is 0 Å². The number of methoxy groups -OCH3 is 1. The Kier molecular flexibility index (Phi) is 6.37. The number of ether oxygens (including phenoxy) is 1. The lowest BCUT2D eigenvalue weighted by Gasteiger charge is -2.28. The Labute approximate surface area is 172 Å². The molecule has 0 unspecified atom stereocenters. The molecule has 162 valence electrons. The maximum atomic E-state index is 12.8. The van der Waals surface area contributed by atoms with E-state index in [4.69, 9.17) is 4.74 Å². The van der Waals surface area contributed by atoms with Crippen LogP contribution in [0.5, 0.6) is 5.75 Å². The van der Waals surface area contributed by atoms with Crippen LogP contribution in [0.2, 0.25) is 0 Å². The lowest BCUT2D eigenvalue weighted by Crippen LogP contribution is -2.40. The summed E-state index contributed by atoms with van der Waals surface area (Å²) in [4.78, 5) is 12.1. The molecule has 2 aromatic rings. The van der Waals surface area contributed by atoms with Crippen LogP contribution in [0.1, 0.15) is 27.0 Å². The molecule has 0 bridgehead atoms. The van der Waals surface area contributed by atoms with E-state index in [1.165, 1.54) is 10.4 Å². The first-order valence-corrected chi connectivity index (χ1v) is 10.8. The fraction of sp³-hybridized carbons (Fsp3) is 0.350. The van der Waals surface area contributed by atoms with Gasteiger partial charge in [0.15, 0.2) is 0 Å². The number of halogens is 3. The second-order valence-electron chi connectivity index (χ2n) is 6.87. The molecule has 1 aliphatic heterocycles. The normalized spacial score (nSPS) is 14.8. The largest absolute Gasteiger partial charge is 0.497 e. The van der Waals surface area contributed by atoms with Crippen molar-refractivity contribution in [3.05, 3.63) is 64.7 Å². The number of alkyl halides is 3. The molecule has 6 nitrogen and oxygen atoms in total. The number of fused-ring (bicyclic) bond motifs is 1. The molecule has 0 fully saturated rings. The maximum Gasteiger partial charge on any atom is 0.416 e. The van der Waals surface area contributed by atoms with Crippen LogP contribution in [0, 0.1) is 0 Å². The van der Waals surface area contributed by atoms with Gasteiger partial charge in [0.25, 0.3) is 5.91 Å². The van der Waals surface area contributed by atoms with Gasteiger partial charge in [-0.1, -0.05) is 12.1 Å². The lowest BCUT2D eigenvalue weighted by atomic mass is 10.0. The smallest absolute Gasteiger partial charge is 0.416 e. The molecule has 0 atom stereocenters. The SMILES string of the molecule is COc1ccc2c(c1)CCN(S(=O)(=O)CCNC(=O)c1cccc(C(F)(F)F)c1)C2. The second-order valence-corrected chi connectivity index (χ2v) is 8.96. The van der Waals surface area contributed by atoms with E-state index in [0.717, 1.165) is 29.3 Å². The minimum Gasteiger partial charge on any atom is -0.497 e. The average molecular weight is 442 g/mol. The molecule has 30 heavy (non-hydrogen) atoms. The van der Waals surface area contributed by atoms with Crippen LogP contribution in [0.3, 0.4) is 0 Å². The maximum absolute atomic E-state index is 12.8. The molecule has 0 aliphatic carbocycles. The highest BCUT2D eigenvalue weighted by atomic mass is 32.2. The van der Waals surface area contributed by atoms with Crippen molar-refractivity contribution in [2.75, 3.05) is 26.0 Å². The van der Waals surface area contributed by atoms with Crippen LogP contribution < -0.4 is 10.1 Å². The van der Waals surface area contributed by atoms with E-state index in [2.05, 4.69) is 5.32 Å². The summed E-state index contributed by atoms with van der Waals surface area (Å²) in [5.74, 6) is -0.391. The van der Waals surface area contributed by atoms with Crippen molar-refractivity contribution in [1.29, 1.82) is 0 Å². The van der Waals surface area contributed by atoms with Crippen LogP contribution >= 0.6 is 0 Å². The Hall–Kier alpha value is -2.59. The van der Waals surface area contributed by atoms with Crippen LogP contribution in [-0.2, 0) is 29.2 Å². The fourth-order valence-electron chi connectivity index (χ4n) is 3.23. The van der Waals surface area contributed by atoms with Crippen molar-refractivity contribution < 1.29 is 31.1 Å². The Morgan fingerprint density at radius 3 is 2.63 bits per heavy atom.